The summed E-state index contributed by atoms with van der Waals surface area (Å²) in [5.74, 6) is 0. The molecule has 8 aromatic rings. The molecule has 0 aliphatic rings. The molecule has 0 unspecified atom stereocenters. The van der Waals surface area contributed by atoms with Gasteiger partial charge in [-0.15, -0.1) is 0 Å². The van der Waals surface area contributed by atoms with Crippen LogP contribution in [0, 0.1) is 55.4 Å². The molecule has 0 fully saturated rings. The van der Waals surface area contributed by atoms with Crippen LogP contribution in [0.1, 0.15) is 44.5 Å². The van der Waals surface area contributed by atoms with Crippen LogP contribution in [-0.4, -0.2) is 0 Å². The fraction of sp³-hybridized carbons (Fsp3) is 0.167. The molecule has 246 valence electrons. The van der Waals surface area contributed by atoms with Crippen LogP contribution >= 0.6 is 0 Å². The van der Waals surface area contributed by atoms with Gasteiger partial charge in [0.2, 0.25) is 0 Å². The lowest BCUT2D eigenvalue weighted by atomic mass is 9.92. The Labute approximate surface area is 296 Å². The first-order valence-electron chi connectivity index (χ1n) is 17.7. The van der Waals surface area contributed by atoms with E-state index in [9.17, 15) is 0 Å². The van der Waals surface area contributed by atoms with Crippen LogP contribution in [0.15, 0.2) is 121 Å². The predicted octanol–water partition coefficient (Wildman–Crippen LogP) is 14.0. The van der Waals surface area contributed by atoms with E-state index in [-0.39, 0.29) is 0 Å². The Balaban J connectivity index is 1.33. The van der Waals surface area contributed by atoms with E-state index < -0.39 is 0 Å². The quantitative estimate of drug-likeness (QED) is 0.166. The molecule has 0 atom stereocenters. The summed E-state index contributed by atoms with van der Waals surface area (Å²) in [4.78, 5) is 4.86. The summed E-state index contributed by atoms with van der Waals surface area (Å²) in [5.41, 5.74) is 17.2. The number of rotatable bonds is 6. The van der Waals surface area contributed by atoms with E-state index in [0.29, 0.717) is 0 Å². The van der Waals surface area contributed by atoms with Crippen LogP contribution < -0.4 is 9.80 Å². The summed E-state index contributed by atoms with van der Waals surface area (Å²) >= 11 is 0. The van der Waals surface area contributed by atoms with Crippen molar-refractivity contribution >= 4 is 66.4 Å². The molecular formula is C48H44N2. The highest BCUT2D eigenvalue weighted by atomic mass is 15.1. The summed E-state index contributed by atoms with van der Waals surface area (Å²) in [5, 5.41) is 7.65. The standard InChI is InChI=1S/C48H44N2/c1-29-13-30(2)18-41(17-29)49(42-19-31(3)14-32(4)20-42)45-25-37-9-11-39-27-46(28-40-12-10-38(26-45)47(37)48(39)40)50(43-21-33(5)15-34(6)22-43)44-23-35(7)16-36(8)24-44/h9-28H,1-8H3. The van der Waals surface area contributed by atoms with E-state index in [1.165, 1.54) is 111 Å². The van der Waals surface area contributed by atoms with Crippen LogP contribution in [0.25, 0.3) is 32.3 Å². The molecule has 0 aromatic heterocycles. The van der Waals surface area contributed by atoms with E-state index in [1.54, 1.807) is 0 Å². The van der Waals surface area contributed by atoms with Gasteiger partial charge in [-0.2, -0.15) is 0 Å². The summed E-state index contributed by atoms with van der Waals surface area (Å²) in [6.07, 6.45) is 0. The van der Waals surface area contributed by atoms with E-state index in [1.807, 2.05) is 0 Å². The zero-order valence-electron chi connectivity index (χ0n) is 30.4. The number of hydrogen-bond acceptors (Lipinski definition) is 2. The molecule has 8 rings (SSSR count). The molecule has 0 spiro atoms. The van der Waals surface area contributed by atoms with Gasteiger partial charge in [0.15, 0.2) is 0 Å². The average Bonchev–Trinajstić information content (AvgIpc) is 3.02. The first-order valence-corrected chi connectivity index (χ1v) is 17.7. The maximum absolute atomic E-state index is 2.43. The van der Waals surface area contributed by atoms with Gasteiger partial charge in [0.05, 0.1) is 0 Å². The molecule has 0 saturated carbocycles. The number of aryl methyl sites for hydroxylation is 8. The Hall–Kier alpha value is -5.60. The van der Waals surface area contributed by atoms with Crippen molar-refractivity contribution in [3.63, 3.8) is 0 Å². The van der Waals surface area contributed by atoms with Crippen LogP contribution in [-0.2, 0) is 0 Å². The number of benzene rings is 8. The molecule has 0 aliphatic carbocycles. The third-order valence-electron chi connectivity index (χ3n) is 9.88. The molecule has 2 heteroatoms. The summed E-state index contributed by atoms with van der Waals surface area (Å²) < 4.78 is 0. The first-order chi connectivity index (χ1) is 24.0. The second kappa shape index (κ2) is 12.1. The van der Waals surface area contributed by atoms with Crippen molar-refractivity contribution in [3.05, 3.63) is 166 Å². The Morgan fingerprint density at radius 2 is 0.420 bits per heavy atom. The summed E-state index contributed by atoms with van der Waals surface area (Å²) in [6.45, 7) is 17.5. The highest BCUT2D eigenvalue weighted by Gasteiger charge is 2.20. The van der Waals surface area contributed by atoms with Gasteiger partial charge in [0, 0.05) is 34.1 Å². The minimum absolute atomic E-state index is 1.17. The smallest absolute Gasteiger partial charge is 0.0473 e. The molecule has 8 aromatic carbocycles. The average molecular weight is 649 g/mol. The largest absolute Gasteiger partial charge is 0.310 e. The third-order valence-corrected chi connectivity index (χ3v) is 9.88. The van der Waals surface area contributed by atoms with Gasteiger partial charge >= 0.3 is 0 Å². The summed E-state index contributed by atoms with van der Waals surface area (Å²) in [6, 6.07) is 46.2. The molecule has 50 heavy (non-hydrogen) atoms. The topological polar surface area (TPSA) is 6.48 Å². The monoisotopic (exact) mass is 648 g/mol. The maximum atomic E-state index is 2.43. The SMILES string of the molecule is Cc1cc(C)cc(N(c2cc(C)cc(C)c2)c2cc3ccc4cc(N(c5cc(C)cc(C)c5)c5cc(C)cc(C)c5)cc5ccc(c2)c3c45)c1. The normalized spacial score (nSPS) is 11.6. The maximum Gasteiger partial charge on any atom is 0.0473 e. The van der Waals surface area contributed by atoms with Gasteiger partial charge < -0.3 is 9.80 Å². The summed E-state index contributed by atoms with van der Waals surface area (Å²) in [7, 11) is 0. The fourth-order valence-corrected chi connectivity index (χ4v) is 8.28. The second-order valence-corrected chi connectivity index (χ2v) is 14.7. The molecule has 0 N–H and O–H groups in total. The Bertz CT molecular complexity index is 2160. The highest BCUT2D eigenvalue weighted by Crippen LogP contribution is 2.45. The van der Waals surface area contributed by atoms with Crippen molar-refractivity contribution in [1.29, 1.82) is 0 Å². The first kappa shape index (κ1) is 31.7. The molecule has 0 radical (unpaired) electrons. The molecular weight excluding hydrogens is 605 g/mol. The van der Waals surface area contributed by atoms with Crippen LogP contribution in [0.3, 0.4) is 0 Å². The zero-order valence-corrected chi connectivity index (χ0v) is 30.4. The van der Waals surface area contributed by atoms with Crippen LogP contribution in [0.4, 0.5) is 34.1 Å². The lowest BCUT2D eigenvalue weighted by Gasteiger charge is -2.29. The lowest BCUT2D eigenvalue weighted by Crippen LogP contribution is -2.11. The van der Waals surface area contributed by atoms with E-state index in [0.717, 1.165) is 0 Å². The van der Waals surface area contributed by atoms with Gasteiger partial charge in [-0.25, -0.2) is 0 Å². The molecule has 0 saturated heterocycles. The second-order valence-electron chi connectivity index (χ2n) is 14.7. The van der Waals surface area contributed by atoms with Gasteiger partial charge in [-0.3, -0.25) is 0 Å². The molecule has 0 aliphatic heterocycles. The number of nitrogens with zero attached hydrogens (tertiary/aromatic N) is 2. The van der Waals surface area contributed by atoms with Gasteiger partial charge in [0.25, 0.3) is 0 Å². The molecule has 0 heterocycles. The van der Waals surface area contributed by atoms with Crippen molar-refractivity contribution in [3.8, 4) is 0 Å². The fourth-order valence-electron chi connectivity index (χ4n) is 8.28. The van der Waals surface area contributed by atoms with Crippen molar-refractivity contribution in [1.82, 2.24) is 0 Å². The van der Waals surface area contributed by atoms with E-state index in [2.05, 4.69) is 187 Å². The molecule has 2 nitrogen and oxygen atoms in total. The minimum Gasteiger partial charge on any atom is -0.310 e. The van der Waals surface area contributed by atoms with Crippen LogP contribution in [0.5, 0.6) is 0 Å². The highest BCUT2D eigenvalue weighted by molar-refractivity contribution is 6.24. The van der Waals surface area contributed by atoms with Crippen molar-refractivity contribution in [2.75, 3.05) is 9.80 Å². The zero-order chi connectivity index (χ0) is 34.8. The Kier molecular flexibility index (Phi) is 7.64. The van der Waals surface area contributed by atoms with Crippen molar-refractivity contribution < 1.29 is 0 Å². The number of hydrogen-bond donors (Lipinski definition) is 0. The third kappa shape index (κ3) is 5.75. The van der Waals surface area contributed by atoms with Gasteiger partial charge in [-0.1, -0.05) is 48.5 Å². The predicted molar refractivity (Wildman–Crippen MR) is 217 cm³/mol. The van der Waals surface area contributed by atoms with E-state index >= 15 is 0 Å². The molecule has 0 amide bonds. The van der Waals surface area contributed by atoms with Gasteiger partial charge in [0.1, 0.15) is 0 Å². The Morgan fingerprint density at radius 3 is 0.620 bits per heavy atom. The Morgan fingerprint density at radius 1 is 0.240 bits per heavy atom. The lowest BCUT2D eigenvalue weighted by molar-refractivity contribution is 1.24. The van der Waals surface area contributed by atoms with Crippen molar-refractivity contribution in [2.24, 2.45) is 0 Å². The van der Waals surface area contributed by atoms with Crippen molar-refractivity contribution in [2.45, 2.75) is 55.4 Å². The molecule has 0 bridgehead atoms. The van der Waals surface area contributed by atoms with Gasteiger partial charge in [-0.05, 0) is 205 Å². The van der Waals surface area contributed by atoms with E-state index in [4.69, 9.17) is 0 Å². The van der Waals surface area contributed by atoms with Crippen LogP contribution in [0.2, 0.25) is 0 Å². The minimum atomic E-state index is 1.17. The number of anilines is 6.